The first-order valence-electron chi connectivity index (χ1n) is 7.86. The van der Waals surface area contributed by atoms with Crippen LogP contribution < -0.4 is 5.73 Å². The Morgan fingerprint density at radius 2 is 2.17 bits per heavy atom. The fourth-order valence-electron chi connectivity index (χ4n) is 3.18. The minimum atomic E-state index is -0.356. The van der Waals surface area contributed by atoms with E-state index < -0.39 is 0 Å². The lowest BCUT2D eigenvalue weighted by Crippen LogP contribution is -2.44. The maximum atomic E-state index is 12.6. The van der Waals surface area contributed by atoms with Crippen LogP contribution in [0, 0.1) is 5.41 Å². The summed E-state index contributed by atoms with van der Waals surface area (Å²) in [7, 11) is 0. The fraction of sp³-hybridized carbons (Fsp3) is 0.562. The van der Waals surface area contributed by atoms with Crippen molar-refractivity contribution in [1.82, 2.24) is 19.3 Å². The Morgan fingerprint density at radius 3 is 2.87 bits per heavy atom. The molecule has 2 aromatic rings. The van der Waals surface area contributed by atoms with Gasteiger partial charge in [0.25, 0.3) is 0 Å². The second kappa shape index (κ2) is 5.78. The van der Waals surface area contributed by atoms with Gasteiger partial charge in [-0.3, -0.25) is 9.20 Å². The van der Waals surface area contributed by atoms with E-state index in [2.05, 4.69) is 25.9 Å². The molecule has 1 aliphatic heterocycles. The lowest BCUT2D eigenvalue weighted by molar-refractivity contribution is -0.140. The van der Waals surface area contributed by atoms with Gasteiger partial charge >= 0.3 is 0 Å². The van der Waals surface area contributed by atoms with E-state index in [1.165, 1.54) is 0 Å². The van der Waals surface area contributed by atoms with Gasteiger partial charge in [0.15, 0.2) is 5.82 Å². The standard InChI is InChI=1S/C16H22BrN5O/c1-16(2,3)15(23)21-7-4-5-10(9-21)14-20-12(17)11-13(18)19-6-8-22(11)14/h6,8,10H,4-5,7,9H2,1-3H3,(H2,18,19). The first-order chi connectivity index (χ1) is 10.8. The molecule has 1 saturated heterocycles. The number of piperidine rings is 1. The number of nitrogens with zero attached hydrogens (tertiary/aromatic N) is 4. The number of fused-ring (bicyclic) bond motifs is 1. The lowest BCUT2D eigenvalue weighted by Gasteiger charge is -2.36. The molecule has 0 aliphatic carbocycles. The first kappa shape index (κ1) is 16.2. The highest BCUT2D eigenvalue weighted by Gasteiger charge is 2.33. The Balaban J connectivity index is 1.94. The van der Waals surface area contributed by atoms with Gasteiger partial charge in [-0.1, -0.05) is 20.8 Å². The smallest absolute Gasteiger partial charge is 0.227 e. The maximum absolute atomic E-state index is 12.6. The molecule has 0 bridgehead atoms. The number of anilines is 1. The van der Waals surface area contributed by atoms with E-state index in [-0.39, 0.29) is 17.2 Å². The van der Waals surface area contributed by atoms with Gasteiger partial charge in [-0.05, 0) is 28.8 Å². The predicted octanol–water partition coefficient (Wildman–Crippen LogP) is 2.83. The van der Waals surface area contributed by atoms with Gasteiger partial charge in [0.05, 0.1) is 0 Å². The van der Waals surface area contributed by atoms with Crippen molar-refractivity contribution in [2.24, 2.45) is 5.41 Å². The summed E-state index contributed by atoms with van der Waals surface area (Å²) in [5, 5.41) is 0. The van der Waals surface area contributed by atoms with Gasteiger partial charge in [-0.25, -0.2) is 9.97 Å². The van der Waals surface area contributed by atoms with Crippen LogP contribution in [0.3, 0.4) is 0 Å². The van der Waals surface area contributed by atoms with Crippen molar-refractivity contribution < 1.29 is 4.79 Å². The van der Waals surface area contributed by atoms with Crippen molar-refractivity contribution in [2.75, 3.05) is 18.8 Å². The highest BCUT2D eigenvalue weighted by molar-refractivity contribution is 9.10. The number of halogens is 1. The van der Waals surface area contributed by atoms with Gasteiger partial charge in [0.2, 0.25) is 5.91 Å². The Hall–Kier alpha value is -1.63. The Morgan fingerprint density at radius 1 is 1.43 bits per heavy atom. The molecule has 124 valence electrons. The zero-order valence-corrected chi connectivity index (χ0v) is 15.3. The molecule has 1 amide bonds. The van der Waals surface area contributed by atoms with Crippen molar-refractivity contribution in [3.05, 3.63) is 22.8 Å². The summed E-state index contributed by atoms with van der Waals surface area (Å²) < 4.78 is 2.69. The molecule has 2 N–H and O–H groups in total. The van der Waals surface area contributed by atoms with E-state index in [9.17, 15) is 4.79 Å². The minimum absolute atomic E-state index is 0.198. The SMILES string of the molecule is CC(C)(C)C(=O)N1CCCC(c2nc(Br)c3c(N)nccn23)C1. The Bertz CT molecular complexity index is 749. The molecule has 1 atom stereocenters. The number of carbonyl (C=O) groups is 1. The molecule has 2 aromatic heterocycles. The van der Waals surface area contributed by atoms with Gasteiger partial charge < -0.3 is 10.6 Å². The molecule has 0 spiro atoms. The molecule has 1 unspecified atom stereocenters. The average molecular weight is 380 g/mol. The fourth-order valence-corrected chi connectivity index (χ4v) is 3.75. The monoisotopic (exact) mass is 379 g/mol. The van der Waals surface area contributed by atoms with Crippen LogP contribution in [0.4, 0.5) is 5.82 Å². The summed E-state index contributed by atoms with van der Waals surface area (Å²) in [6.07, 6.45) is 5.56. The number of amides is 1. The van der Waals surface area contributed by atoms with Crippen LogP contribution in [0.2, 0.25) is 0 Å². The second-order valence-electron chi connectivity index (χ2n) is 7.13. The molecule has 0 radical (unpaired) electrons. The van der Waals surface area contributed by atoms with Crippen molar-refractivity contribution in [2.45, 2.75) is 39.5 Å². The number of hydrogen-bond donors (Lipinski definition) is 1. The van der Waals surface area contributed by atoms with E-state index in [1.54, 1.807) is 6.20 Å². The summed E-state index contributed by atoms with van der Waals surface area (Å²) in [4.78, 5) is 23.3. The van der Waals surface area contributed by atoms with Gasteiger partial charge in [-0.2, -0.15) is 0 Å². The van der Waals surface area contributed by atoms with Crippen LogP contribution in [0.5, 0.6) is 0 Å². The Labute approximate surface area is 144 Å². The van der Waals surface area contributed by atoms with Gasteiger partial charge in [-0.15, -0.1) is 0 Å². The van der Waals surface area contributed by atoms with Crippen molar-refractivity contribution >= 4 is 33.2 Å². The largest absolute Gasteiger partial charge is 0.382 e. The molecule has 0 aromatic carbocycles. The van der Waals surface area contributed by atoms with Gasteiger partial charge in [0.1, 0.15) is 15.9 Å². The van der Waals surface area contributed by atoms with E-state index in [1.807, 2.05) is 36.3 Å². The molecular weight excluding hydrogens is 358 g/mol. The quantitative estimate of drug-likeness (QED) is 0.826. The molecule has 23 heavy (non-hydrogen) atoms. The highest BCUT2D eigenvalue weighted by Crippen LogP contribution is 2.32. The van der Waals surface area contributed by atoms with E-state index >= 15 is 0 Å². The normalized spacial score (nSPS) is 19.3. The molecule has 3 heterocycles. The zero-order valence-electron chi connectivity index (χ0n) is 13.7. The van der Waals surface area contributed by atoms with Crippen LogP contribution in [0.25, 0.3) is 5.52 Å². The van der Waals surface area contributed by atoms with Crippen molar-refractivity contribution in [3.63, 3.8) is 0 Å². The molecule has 0 saturated carbocycles. The number of carbonyl (C=O) groups excluding carboxylic acids is 1. The molecule has 7 heteroatoms. The summed E-state index contributed by atoms with van der Waals surface area (Å²) in [6, 6.07) is 0. The number of rotatable bonds is 1. The molecule has 3 rings (SSSR count). The molecule has 6 nitrogen and oxygen atoms in total. The van der Waals surface area contributed by atoms with Crippen LogP contribution in [0.1, 0.15) is 45.4 Å². The number of nitrogen functional groups attached to an aromatic ring is 1. The summed E-state index contributed by atoms with van der Waals surface area (Å²) in [6.45, 7) is 7.41. The third kappa shape index (κ3) is 2.94. The second-order valence-corrected chi connectivity index (χ2v) is 7.88. The first-order valence-corrected chi connectivity index (χ1v) is 8.65. The topological polar surface area (TPSA) is 76.5 Å². The van der Waals surface area contributed by atoms with Crippen LogP contribution in [-0.4, -0.2) is 38.3 Å². The Kier molecular flexibility index (Phi) is 4.08. The number of likely N-dealkylation sites (tertiary alicyclic amines) is 1. The summed E-state index contributed by atoms with van der Waals surface area (Å²) in [5.74, 6) is 1.79. The van der Waals surface area contributed by atoms with Gasteiger partial charge in [0, 0.05) is 36.8 Å². The van der Waals surface area contributed by atoms with E-state index in [0.29, 0.717) is 17.0 Å². The number of imidazole rings is 1. The number of nitrogens with two attached hydrogens (primary N) is 1. The van der Waals surface area contributed by atoms with E-state index in [0.717, 1.165) is 30.7 Å². The summed E-state index contributed by atoms with van der Waals surface area (Å²) in [5.41, 5.74) is 6.40. The van der Waals surface area contributed by atoms with Crippen LogP contribution >= 0.6 is 15.9 Å². The summed E-state index contributed by atoms with van der Waals surface area (Å²) >= 11 is 3.48. The number of hydrogen-bond acceptors (Lipinski definition) is 4. The molecule has 1 aliphatic rings. The minimum Gasteiger partial charge on any atom is -0.382 e. The van der Waals surface area contributed by atoms with E-state index in [4.69, 9.17) is 5.73 Å². The third-order valence-corrected chi connectivity index (χ3v) is 4.84. The highest BCUT2D eigenvalue weighted by atomic mass is 79.9. The van der Waals surface area contributed by atoms with Crippen molar-refractivity contribution in [1.29, 1.82) is 0 Å². The van der Waals surface area contributed by atoms with Crippen LogP contribution in [-0.2, 0) is 4.79 Å². The maximum Gasteiger partial charge on any atom is 0.227 e. The predicted molar refractivity (Wildman–Crippen MR) is 93.1 cm³/mol. The third-order valence-electron chi connectivity index (χ3n) is 4.28. The van der Waals surface area contributed by atoms with Crippen LogP contribution in [0.15, 0.2) is 17.0 Å². The molecule has 1 fully saturated rings. The zero-order chi connectivity index (χ0) is 16.8. The molecular formula is C16H22BrN5O. The number of aromatic nitrogens is 3. The average Bonchev–Trinajstić information content (AvgIpc) is 2.84. The van der Waals surface area contributed by atoms with Crippen molar-refractivity contribution in [3.8, 4) is 0 Å². The lowest BCUT2D eigenvalue weighted by atomic mass is 9.91.